The maximum atomic E-state index is 2.25. The van der Waals surface area contributed by atoms with Crippen LogP contribution in [0.15, 0.2) is 267 Å². The first-order valence-electron chi connectivity index (χ1n) is 38.6. The molecule has 0 atom stereocenters. The molecule has 528 valence electrons. The zero-order chi connectivity index (χ0) is 75.3. The van der Waals surface area contributed by atoms with Crippen molar-refractivity contribution in [3.8, 4) is 66.8 Å². The highest BCUT2D eigenvalue weighted by Gasteiger charge is 2.22. The third-order valence-electron chi connectivity index (χ3n) is 16.2. The lowest BCUT2D eigenvalue weighted by atomic mass is 9.93. The molecule has 2 aliphatic carbocycles. The van der Waals surface area contributed by atoms with Crippen molar-refractivity contribution in [2.24, 2.45) is 0 Å². The zero-order valence-electron chi connectivity index (χ0n) is 67.4. The van der Waals surface area contributed by atoms with Crippen LogP contribution in [-0.2, 0) is 0 Å². The SMILES string of the molecule is CC.CC.CC.CC.CC.CC.CC.CC.CC.CC.CC.CC.Cc1c2ccccc2c(C)c2ccccc12.Cc1c2ccccc2c(C)c2ccccc12.c1ccc2c(c1)-c1ccccc1-c1cccc3cccc-2c13.c1ccc2c(c1)-c1ccccc1-c1cccc3cccc-2c13. The fraction of sp³-hybridized carbons (Fsp3) is 0.280. The van der Waals surface area contributed by atoms with E-state index in [0.29, 0.717) is 0 Å². The number of hydrogen-bond acceptors (Lipinski definition) is 0. The van der Waals surface area contributed by atoms with Gasteiger partial charge in [0.25, 0.3) is 0 Å². The van der Waals surface area contributed by atoms with Crippen LogP contribution in [0.3, 0.4) is 0 Å². The standard InChI is InChI=1S/2C22H14.2C16H14.12C2H6/c2*1-3-11-18-16(9-1)17-10-2-4-12-19(17)21-14-6-8-15-7-5-13-20(18)22(15)21;2*1-11-13-7-3-5-9-15(13)12(2)16-10-6-4-8-14(11)16;12*1-2/h2*1-14H;2*3-10H,1-2H3;12*1-2H3. The number of fused-ring (bicyclic) bond motifs is 14. The summed E-state index contributed by atoms with van der Waals surface area (Å²) in [6.07, 6.45) is 0. The predicted molar refractivity (Wildman–Crippen MR) is 466 cm³/mol. The second kappa shape index (κ2) is 50.0. The van der Waals surface area contributed by atoms with Crippen LogP contribution in [0.2, 0.25) is 0 Å². The van der Waals surface area contributed by atoms with Crippen LogP contribution >= 0.6 is 0 Å². The van der Waals surface area contributed by atoms with Gasteiger partial charge < -0.3 is 0 Å². The molecule has 0 fully saturated rings. The van der Waals surface area contributed by atoms with E-state index in [-0.39, 0.29) is 0 Å². The summed E-state index contributed by atoms with van der Waals surface area (Å²) in [5.41, 5.74) is 21.5. The van der Waals surface area contributed by atoms with Crippen LogP contribution in [0.5, 0.6) is 0 Å². The molecule has 0 spiro atoms. The Morgan fingerprint density at radius 2 is 0.230 bits per heavy atom. The smallest absolute Gasteiger partial charge is 0.00264 e. The lowest BCUT2D eigenvalue weighted by Gasteiger charge is -2.11. The molecule has 0 radical (unpaired) electrons. The summed E-state index contributed by atoms with van der Waals surface area (Å²) in [7, 11) is 0. The minimum absolute atomic E-state index is 1.31. The van der Waals surface area contributed by atoms with Gasteiger partial charge in [0.05, 0.1) is 0 Å². The highest BCUT2D eigenvalue weighted by atomic mass is 14.3. The fourth-order valence-electron chi connectivity index (χ4n) is 12.5. The number of hydrogen-bond donors (Lipinski definition) is 0. The summed E-state index contributed by atoms with van der Waals surface area (Å²) in [6.45, 7) is 56.8. The van der Waals surface area contributed by atoms with Crippen LogP contribution in [0.25, 0.3) is 131 Å². The van der Waals surface area contributed by atoms with Gasteiger partial charge in [-0.15, -0.1) is 0 Å². The summed E-state index contributed by atoms with van der Waals surface area (Å²) in [6, 6.07) is 96.0. The van der Waals surface area contributed by atoms with Crippen molar-refractivity contribution in [2.75, 3.05) is 0 Å². The molecule has 0 heterocycles. The molecule has 16 rings (SSSR count). The highest BCUT2D eigenvalue weighted by Crippen LogP contribution is 2.49. The van der Waals surface area contributed by atoms with Crippen molar-refractivity contribution < 1.29 is 0 Å². The first-order chi connectivity index (χ1) is 49.4. The molecule has 0 saturated carbocycles. The number of aryl methyl sites for hydroxylation is 4. The van der Waals surface area contributed by atoms with E-state index in [1.54, 1.807) is 0 Å². The van der Waals surface area contributed by atoms with Gasteiger partial charge in [-0.2, -0.15) is 0 Å². The van der Waals surface area contributed by atoms with E-state index >= 15 is 0 Å². The average Bonchev–Trinajstić information content (AvgIpc) is 1.61. The van der Waals surface area contributed by atoms with Gasteiger partial charge in [0.2, 0.25) is 0 Å². The lowest BCUT2D eigenvalue weighted by molar-refractivity contribution is 1.50. The van der Waals surface area contributed by atoms with Crippen molar-refractivity contribution >= 4 is 64.6 Å². The van der Waals surface area contributed by atoms with E-state index in [1.807, 2.05) is 166 Å². The van der Waals surface area contributed by atoms with Gasteiger partial charge in [-0.05, 0) is 181 Å². The van der Waals surface area contributed by atoms with Crippen molar-refractivity contribution in [1.82, 2.24) is 0 Å². The van der Waals surface area contributed by atoms with E-state index in [0.717, 1.165) is 0 Å². The lowest BCUT2D eigenvalue weighted by Crippen LogP contribution is -1.87. The van der Waals surface area contributed by atoms with Crippen LogP contribution < -0.4 is 0 Å². The van der Waals surface area contributed by atoms with Gasteiger partial charge in [-0.3, -0.25) is 0 Å². The third kappa shape index (κ3) is 20.4. The Morgan fingerprint density at radius 1 is 0.120 bits per heavy atom. The Bertz CT molecular complexity index is 3880. The Labute approximate surface area is 610 Å². The largest absolute Gasteiger partial charge is 0.0683 e. The van der Waals surface area contributed by atoms with Crippen molar-refractivity contribution in [2.45, 2.75) is 194 Å². The van der Waals surface area contributed by atoms with Crippen LogP contribution in [0.4, 0.5) is 0 Å². The molecular formula is C100H128. The molecule has 0 saturated heterocycles. The topological polar surface area (TPSA) is 0 Å². The molecule has 14 aromatic carbocycles. The first-order valence-corrected chi connectivity index (χ1v) is 38.6. The second-order valence-electron chi connectivity index (χ2n) is 20.3. The van der Waals surface area contributed by atoms with E-state index < -0.39 is 0 Å². The molecule has 0 aromatic heterocycles. The minimum atomic E-state index is 1.31. The molecule has 0 amide bonds. The summed E-state index contributed by atoms with van der Waals surface area (Å²) >= 11 is 0. The zero-order valence-corrected chi connectivity index (χ0v) is 67.4. The third-order valence-corrected chi connectivity index (χ3v) is 16.2. The van der Waals surface area contributed by atoms with Gasteiger partial charge in [-0.25, -0.2) is 0 Å². The van der Waals surface area contributed by atoms with Gasteiger partial charge in [-0.1, -0.05) is 433 Å². The van der Waals surface area contributed by atoms with Gasteiger partial charge in [0.1, 0.15) is 0 Å². The quantitative estimate of drug-likeness (QED) is 0.133. The van der Waals surface area contributed by atoms with Gasteiger partial charge in [0, 0.05) is 0 Å². The Balaban J connectivity index is 0.000000609. The van der Waals surface area contributed by atoms with Crippen molar-refractivity contribution in [3.05, 3.63) is 289 Å². The maximum absolute atomic E-state index is 2.25. The van der Waals surface area contributed by atoms with Crippen LogP contribution in [0, 0.1) is 27.7 Å². The van der Waals surface area contributed by atoms with E-state index in [2.05, 4.69) is 295 Å². The van der Waals surface area contributed by atoms with Gasteiger partial charge >= 0.3 is 0 Å². The van der Waals surface area contributed by atoms with E-state index in [9.17, 15) is 0 Å². The van der Waals surface area contributed by atoms with Crippen molar-refractivity contribution in [1.29, 1.82) is 0 Å². The summed E-state index contributed by atoms with van der Waals surface area (Å²) in [5, 5.41) is 16.3. The Hall–Kier alpha value is -9.36. The first kappa shape index (κ1) is 88.7. The van der Waals surface area contributed by atoms with Crippen LogP contribution in [-0.4, -0.2) is 0 Å². The molecule has 0 aliphatic heterocycles. The summed E-state index contributed by atoms with van der Waals surface area (Å²) < 4.78 is 0. The summed E-state index contributed by atoms with van der Waals surface area (Å²) in [5.74, 6) is 0. The summed E-state index contributed by atoms with van der Waals surface area (Å²) in [4.78, 5) is 0. The Kier molecular flexibility index (Phi) is 44.4. The molecule has 0 unspecified atom stereocenters. The average molecular weight is 1330 g/mol. The normalized spacial score (nSPS) is 9.40. The fourth-order valence-corrected chi connectivity index (χ4v) is 12.5. The number of benzene rings is 14. The van der Waals surface area contributed by atoms with E-state index in [1.165, 1.54) is 154 Å². The molecule has 0 heteroatoms. The number of rotatable bonds is 0. The van der Waals surface area contributed by atoms with Gasteiger partial charge in [0.15, 0.2) is 0 Å². The second-order valence-corrected chi connectivity index (χ2v) is 20.3. The molecule has 100 heavy (non-hydrogen) atoms. The Morgan fingerprint density at radius 3 is 0.370 bits per heavy atom. The minimum Gasteiger partial charge on any atom is -0.0683 e. The predicted octanol–water partition coefficient (Wildman–Crippen LogP) is 33.8. The molecule has 14 aromatic rings. The molecule has 0 nitrogen and oxygen atoms in total. The molecule has 0 N–H and O–H groups in total. The molecule has 2 aliphatic rings. The molecular weight excluding hydrogens is 1200 g/mol. The molecule has 0 bridgehead atoms. The monoisotopic (exact) mass is 1330 g/mol. The van der Waals surface area contributed by atoms with E-state index in [4.69, 9.17) is 0 Å². The maximum Gasteiger partial charge on any atom is -0.00264 e. The highest BCUT2D eigenvalue weighted by molar-refractivity contribution is 6.15. The van der Waals surface area contributed by atoms with Crippen molar-refractivity contribution in [3.63, 3.8) is 0 Å². The van der Waals surface area contributed by atoms with Crippen LogP contribution in [0.1, 0.15) is 188 Å².